The van der Waals surface area contributed by atoms with Crippen molar-refractivity contribution in [3.63, 3.8) is 0 Å². The van der Waals surface area contributed by atoms with Gasteiger partial charge in [-0.05, 0) is 38.0 Å². The van der Waals surface area contributed by atoms with E-state index in [9.17, 15) is 0 Å². The minimum Gasteiger partial charge on any atom is -0.337 e. The van der Waals surface area contributed by atoms with E-state index >= 15 is 0 Å². The first-order valence-electron chi connectivity index (χ1n) is 4.43. The maximum Gasteiger partial charge on any atom is 0.208 e. The Kier molecular flexibility index (Phi) is 1.45. The standard InChI is InChI=1S/C11H10N2O/c1-7-4-11(6-13)10(3,14-11)9(5-12)8(7)2/h4H,1-3H3. The van der Waals surface area contributed by atoms with E-state index in [-0.39, 0.29) is 0 Å². The molecule has 1 aliphatic carbocycles. The third-order valence-electron chi connectivity index (χ3n) is 3.17. The molecular formula is C11H10N2O. The molecule has 2 rings (SSSR count). The van der Waals surface area contributed by atoms with Crippen molar-refractivity contribution < 1.29 is 4.74 Å². The fourth-order valence-corrected chi connectivity index (χ4v) is 2.02. The molecule has 0 amide bonds. The van der Waals surface area contributed by atoms with Crippen LogP contribution in [0, 0.1) is 22.7 Å². The number of rotatable bonds is 0. The average Bonchev–Trinajstić information content (AvgIpc) is 2.74. The summed E-state index contributed by atoms with van der Waals surface area (Å²) in [7, 11) is 0. The monoisotopic (exact) mass is 186 g/mol. The van der Waals surface area contributed by atoms with Crippen LogP contribution in [0.4, 0.5) is 0 Å². The maximum atomic E-state index is 9.03. The fourth-order valence-electron chi connectivity index (χ4n) is 2.02. The van der Waals surface area contributed by atoms with Gasteiger partial charge in [0.15, 0.2) is 0 Å². The summed E-state index contributed by atoms with van der Waals surface area (Å²) < 4.78 is 5.43. The van der Waals surface area contributed by atoms with Gasteiger partial charge in [-0.15, -0.1) is 0 Å². The SMILES string of the molecule is CC1=CC2(C#N)OC2(C)C(C#N)=C1C. The van der Waals surface area contributed by atoms with Crippen LogP contribution in [-0.2, 0) is 4.74 Å². The lowest BCUT2D eigenvalue weighted by Gasteiger charge is -2.16. The summed E-state index contributed by atoms with van der Waals surface area (Å²) in [5.41, 5.74) is 0.873. The van der Waals surface area contributed by atoms with Gasteiger partial charge in [-0.2, -0.15) is 10.5 Å². The van der Waals surface area contributed by atoms with Gasteiger partial charge >= 0.3 is 0 Å². The molecule has 1 saturated heterocycles. The summed E-state index contributed by atoms with van der Waals surface area (Å²) in [4.78, 5) is 0. The molecule has 3 heteroatoms. The van der Waals surface area contributed by atoms with Gasteiger partial charge in [0.05, 0.1) is 11.6 Å². The Bertz CT molecular complexity index is 461. The van der Waals surface area contributed by atoms with Crippen LogP contribution >= 0.6 is 0 Å². The summed E-state index contributed by atoms with van der Waals surface area (Å²) in [5, 5.41) is 18.0. The molecule has 1 fully saturated rings. The highest BCUT2D eigenvalue weighted by atomic mass is 16.6. The van der Waals surface area contributed by atoms with Crippen LogP contribution in [0.1, 0.15) is 20.8 Å². The van der Waals surface area contributed by atoms with Gasteiger partial charge < -0.3 is 4.74 Å². The van der Waals surface area contributed by atoms with Crippen LogP contribution in [0.25, 0.3) is 0 Å². The molecular weight excluding hydrogens is 176 g/mol. The van der Waals surface area contributed by atoms with Gasteiger partial charge in [-0.25, -0.2) is 0 Å². The van der Waals surface area contributed by atoms with E-state index in [1.54, 1.807) is 6.92 Å². The van der Waals surface area contributed by atoms with Crippen LogP contribution in [0.5, 0.6) is 0 Å². The highest BCUT2D eigenvalue weighted by Crippen LogP contribution is 2.57. The average molecular weight is 186 g/mol. The smallest absolute Gasteiger partial charge is 0.208 e. The molecule has 0 aromatic carbocycles. The van der Waals surface area contributed by atoms with Crippen LogP contribution in [0.15, 0.2) is 22.8 Å². The quantitative estimate of drug-likeness (QED) is 0.542. The van der Waals surface area contributed by atoms with Gasteiger partial charge in [-0.1, -0.05) is 0 Å². The van der Waals surface area contributed by atoms with Crippen molar-refractivity contribution in [1.29, 1.82) is 10.5 Å². The molecule has 0 bridgehead atoms. The number of epoxide rings is 1. The molecule has 0 saturated carbocycles. The lowest BCUT2D eigenvalue weighted by atomic mass is 9.79. The molecule has 0 aromatic rings. The summed E-state index contributed by atoms with van der Waals surface area (Å²) in [6, 6.07) is 4.26. The molecule has 0 aromatic heterocycles. The number of fused-ring (bicyclic) bond motifs is 1. The number of allylic oxidation sites excluding steroid dienone is 2. The van der Waals surface area contributed by atoms with E-state index < -0.39 is 11.2 Å². The number of nitrogens with zero attached hydrogens (tertiary/aromatic N) is 2. The second-order valence-corrected chi connectivity index (χ2v) is 3.92. The summed E-state index contributed by atoms with van der Waals surface area (Å²) in [6.07, 6.45) is 1.81. The van der Waals surface area contributed by atoms with Crippen molar-refractivity contribution >= 4 is 0 Å². The Hall–Kier alpha value is -1.58. The van der Waals surface area contributed by atoms with Gasteiger partial charge in [0, 0.05) is 0 Å². The molecule has 0 spiro atoms. The van der Waals surface area contributed by atoms with E-state index in [1.165, 1.54) is 0 Å². The van der Waals surface area contributed by atoms with E-state index in [4.69, 9.17) is 15.3 Å². The highest BCUT2D eigenvalue weighted by molar-refractivity contribution is 5.60. The Labute approximate surface area is 82.9 Å². The van der Waals surface area contributed by atoms with Crippen molar-refractivity contribution in [3.8, 4) is 12.1 Å². The zero-order valence-electron chi connectivity index (χ0n) is 8.38. The van der Waals surface area contributed by atoms with Crippen molar-refractivity contribution in [2.45, 2.75) is 32.0 Å². The number of hydrogen-bond donors (Lipinski definition) is 0. The summed E-state index contributed by atoms with van der Waals surface area (Å²) in [6.45, 7) is 5.58. The van der Waals surface area contributed by atoms with Crippen LogP contribution < -0.4 is 0 Å². The molecule has 1 aliphatic heterocycles. The van der Waals surface area contributed by atoms with Crippen molar-refractivity contribution in [1.82, 2.24) is 0 Å². The third-order valence-corrected chi connectivity index (χ3v) is 3.17. The predicted molar refractivity (Wildman–Crippen MR) is 49.9 cm³/mol. The van der Waals surface area contributed by atoms with E-state index in [2.05, 4.69) is 12.1 Å². The van der Waals surface area contributed by atoms with Gasteiger partial charge in [-0.3, -0.25) is 0 Å². The third kappa shape index (κ3) is 0.737. The minimum atomic E-state index is -0.887. The maximum absolute atomic E-state index is 9.03. The van der Waals surface area contributed by atoms with Gasteiger partial charge in [0.2, 0.25) is 5.60 Å². The first kappa shape index (κ1) is 8.99. The highest BCUT2D eigenvalue weighted by Gasteiger charge is 2.71. The van der Waals surface area contributed by atoms with Crippen LogP contribution in [-0.4, -0.2) is 11.2 Å². The van der Waals surface area contributed by atoms with Gasteiger partial charge in [0.25, 0.3) is 0 Å². The van der Waals surface area contributed by atoms with Crippen molar-refractivity contribution in [2.24, 2.45) is 0 Å². The molecule has 3 nitrogen and oxygen atoms in total. The first-order valence-corrected chi connectivity index (χ1v) is 4.43. The first-order chi connectivity index (χ1) is 6.50. The second-order valence-electron chi connectivity index (χ2n) is 3.92. The number of hydrogen-bond acceptors (Lipinski definition) is 3. The zero-order valence-corrected chi connectivity index (χ0v) is 8.38. The van der Waals surface area contributed by atoms with E-state index in [0.29, 0.717) is 5.57 Å². The molecule has 2 aliphatic rings. The zero-order chi connectivity index (χ0) is 10.6. The normalized spacial score (nSPS) is 39.4. The topological polar surface area (TPSA) is 60.1 Å². The van der Waals surface area contributed by atoms with Crippen LogP contribution in [0.2, 0.25) is 0 Å². The van der Waals surface area contributed by atoms with Crippen molar-refractivity contribution in [3.05, 3.63) is 22.8 Å². The summed E-state index contributed by atoms with van der Waals surface area (Å²) >= 11 is 0. The Morgan fingerprint density at radius 3 is 2.50 bits per heavy atom. The molecule has 70 valence electrons. The fraction of sp³-hybridized carbons (Fsp3) is 0.455. The van der Waals surface area contributed by atoms with Crippen molar-refractivity contribution in [2.75, 3.05) is 0 Å². The molecule has 2 atom stereocenters. The lowest BCUT2D eigenvalue weighted by molar-refractivity contribution is 0.333. The number of nitriles is 2. The van der Waals surface area contributed by atoms with Gasteiger partial charge in [0.1, 0.15) is 11.7 Å². The largest absolute Gasteiger partial charge is 0.337 e. The minimum absolute atomic E-state index is 0.582. The van der Waals surface area contributed by atoms with Crippen LogP contribution in [0.3, 0.4) is 0 Å². The molecule has 14 heavy (non-hydrogen) atoms. The number of ether oxygens (including phenoxy) is 1. The molecule has 0 N–H and O–H groups in total. The van der Waals surface area contributed by atoms with E-state index in [1.807, 2.05) is 19.9 Å². The molecule has 1 heterocycles. The predicted octanol–water partition coefficient (Wildman–Crippen LogP) is 1.84. The Morgan fingerprint density at radius 1 is 1.36 bits per heavy atom. The summed E-state index contributed by atoms with van der Waals surface area (Å²) in [5.74, 6) is 0. The lowest BCUT2D eigenvalue weighted by Crippen LogP contribution is -2.26. The molecule has 0 radical (unpaired) electrons. The molecule has 2 unspecified atom stereocenters. The Morgan fingerprint density at radius 2 is 2.00 bits per heavy atom. The van der Waals surface area contributed by atoms with E-state index in [0.717, 1.165) is 11.1 Å². The Balaban J connectivity index is 2.64. The second kappa shape index (κ2) is 2.26.